The summed E-state index contributed by atoms with van der Waals surface area (Å²) in [6.07, 6.45) is 1.57. The SMILES string of the molecule is O=S(=O)(CCc1ccccc1)Nc1ccc(F)nc1. The van der Waals surface area contributed by atoms with Gasteiger partial charge < -0.3 is 0 Å². The first-order valence-corrected chi connectivity index (χ1v) is 7.36. The molecule has 2 aromatic rings. The largest absolute Gasteiger partial charge is 0.282 e. The number of nitrogens with zero attached hydrogens (tertiary/aromatic N) is 1. The van der Waals surface area contributed by atoms with Crippen molar-refractivity contribution in [3.8, 4) is 0 Å². The molecule has 1 aromatic heterocycles. The highest BCUT2D eigenvalue weighted by molar-refractivity contribution is 7.92. The fourth-order valence-electron chi connectivity index (χ4n) is 1.56. The molecule has 0 saturated heterocycles. The lowest BCUT2D eigenvalue weighted by Crippen LogP contribution is -2.18. The van der Waals surface area contributed by atoms with E-state index in [0.717, 1.165) is 17.8 Å². The van der Waals surface area contributed by atoms with Gasteiger partial charge in [0.15, 0.2) is 0 Å². The van der Waals surface area contributed by atoms with E-state index >= 15 is 0 Å². The van der Waals surface area contributed by atoms with Crippen LogP contribution in [-0.4, -0.2) is 19.2 Å². The Morgan fingerprint density at radius 3 is 2.47 bits per heavy atom. The summed E-state index contributed by atoms with van der Waals surface area (Å²) in [6.45, 7) is 0. The third-order valence-electron chi connectivity index (χ3n) is 2.50. The zero-order chi connectivity index (χ0) is 13.7. The van der Waals surface area contributed by atoms with E-state index in [4.69, 9.17) is 0 Å². The molecular formula is C13H13FN2O2S. The molecule has 4 nitrogen and oxygen atoms in total. The van der Waals surface area contributed by atoms with Crippen LogP contribution in [0.15, 0.2) is 48.7 Å². The minimum Gasteiger partial charge on any atom is -0.282 e. The van der Waals surface area contributed by atoms with Gasteiger partial charge in [0.25, 0.3) is 0 Å². The Kier molecular flexibility index (Phi) is 4.11. The average Bonchev–Trinajstić information content (AvgIpc) is 2.40. The van der Waals surface area contributed by atoms with Crippen molar-refractivity contribution < 1.29 is 12.8 Å². The molecule has 0 unspecified atom stereocenters. The van der Waals surface area contributed by atoms with Crippen LogP contribution in [0.3, 0.4) is 0 Å². The minimum atomic E-state index is -3.46. The lowest BCUT2D eigenvalue weighted by atomic mass is 10.2. The van der Waals surface area contributed by atoms with Crippen LogP contribution < -0.4 is 4.72 Å². The number of pyridine rings is 1. The number of aryl methyl sites for hydroxylation is 1. The molecule has 0 fully saturated rings. The summed E-state index contributed by atoms with van der Waals surface area (Å²) in [4.78, 5) is 3.39. The summed E-state index contributed by atoms with van der Waals surface area (Å²) in [5.74, 6) is -0.679. The fourth-order valence-corrected chi connectivity index (χ4v) is 2.65. The quantitative estimate of drug-likeness (QED) is 0.854. The van der Waals surface area contributed by atoms with Gasteiger partial charge in [0, 0.05) is 0 Å². The van der Waals surface area contributed by atoms with Crippen LogP contribution in [0.4, 0.5) is 10.1 Å². The number of anilines is 1. The van der Waals surface area contributed by atoms with Gasteiger partial charge in [-0.25, -0.2) is 13.4 Å². The van der Waals surface area contributed by atoms with Crippen molar-refractivity contribution in [2.24, 2.45) is 0 Å². The Labute approximate surface area is 111 Å². The van der Waals surface area contributed by atoms with Crippen molar-refractivity contribution in [2.75, 3.05) is 10.5 Å². The summed E-state index contributed by atoms with van der Waals surface area (Å²) in [7, 11) is -3.46. The summed E-state index contributed by atoms with van der Waals surface area (Å²) >= 11 is 0. The lowest BCUT2D eigenvalue weighted by Gasteiger charge is -2.07. The van der Waals surface area contributed by atoms with Gasteiger partial charge >= 0.3 is 0 Å². The molecule has 19 heavy (non-hydrogen) atoms. The van der Waals surface area contributed by atoms with Gasteiger partial charge in [0.1, 0.15) is 0 Å². The molecule has 0 atom stereocenters. The average molecular weight is 280 g/mol. The molecule has 0 aliphatic carbocycles. The highest BCUT2D eigenvalue weighted by atomic mass is 32.2. The second-order valence-electron chi connectivity index (χ2n) is 4.03. The molecule has 1 N–H and O–H groups in total. The Morgan fingerprint density at radius 1 is 1.11 bits per heavy atom. The van der Waals surface area contributed by atoms with E-state index < -0.39 is 16.0 Å². The van der Waals surface area contributed by atoms with E-state index in [0.29, 0.717) is 6.42 Å². The van der Waals surface area contributed by atoms with E-state index in [2.05, 4.69) is 9.71 Å². The first-order chi connectivity index (χ1) is 9.05. The van der Waals surface area contributed by atoms with Gasteiger partial charge in [-0.2, -0.15) is 4.39 Å². The highest BCUT2D eigenvalue weighted by Crippen LogP contribution is 2.09. The molecule has 1 heterocycles. The Balaban J connectivity index is 1.97. The van der Waals surface area contributed by atoms with E-state index in [-0.39, 0.29) is 11.4 Å². The van der Waals surface area contributed by atoms with Crippen LogP contribution in [0.5, 0.6) is 0 Å². The molecule has 6 heteroatoms. The molecule has 0 radical (unpaired) electrons. The maximum atomic E-state index is 12.6. The van der Waals surface area contributed by atoms with Gasteiger partial charge in [-0.05, 0) is 24.1 Å². The molecule has 0 spiro atoms. The predicted octanol–water partition coefficient (Wildman–Crippen LogP) is 2.21. The van der Waals surface area contributed by atoms with E-state index in [1.54, 1.807) is 0 Å². The normalized spacial score (nSPS) is 11.2. The third-order valence-corrected chi connectivity index (χ3v) is 3.79. The highest BCUT2D eigenvalue weighted by Gasteiger charge is 2.10. The summed E-state index contributed by atoms with van der Waals surface area (Å²) < 4.78 is 38.6. The Morgan fingerprint density at radius 2 is 1.84 bits per heavy atom. The van der Waals surface area contributed by atoms with Crippen LogP contribution in [0.2, 0.25) is 0 Å². The molecule has 100 valence electrons. The number of sulfonamides is 1. The van der Waals surface area contributed by atoms with Gasteiger partial charge in [0.05, 0.1) is 17.6 Å². The Hall–Kier alpha value is -1.95. The molecule has 0 saturated carbocycles. The van der Waals surface area contributed by atoms with Crippen LogP contribution in [-0.2, 0) is 16.4 Å². The van der Waals surface area contributed by atoms with Crippen LogP contribution in [0.1, 0.15) is 5.56 Å². The smallest absolute Gasteiger partial charge is 0.233 e. The van der Waals surface area contributed by atoms with E-state index in [9.17, 15) is 12.8 Å². The van der Waals surface area contributed by atoms with Gasteiger partial charge in [-0.15, -0.1) is 0 Å². The predicted molar refractivity (Wildman–Crippen MR) is 71.8 cm³/mol. The Bertz CT molecular complexity index is 627. The van der Waals surface area contributed by atoms with Crippen molar-refractivity contribution in [1.29, 1.82) is 0 Å². The number of hydrogen-bond acceptors (Lipinski definition) is 3. The summed E-state index contributed by atoms with van der Waals surface area (Å²) in [5, 5.41) is 0. The number of hydrogen-bond donors (Lipinski definition) is 1. The van der Waals surface area contributed by atoms with Crippen LogP contribution in [0, 0.1) is 5.95 Å². The van der Waals surface area contributed by atoms with Crippen molar-refractivity contribution in [3.05, 3.63) is 60.2 Å². The molecule has 0 aliphatic rings. The third kappa shape index (κ3) is 4.33. The maximum absolute atomic E-state index is 12.6. The number of benzene rings is 1. The molecule has 1 aromatic carbocycles. The van der Waals surface area contributed by atoms with E-state index in [1.165, 1.54) is 6.07 Å². The number of nitrogens with one attached hydrogen (secondary N) is 1. The number of aromatic nitrogens is 1. The van der Waals surface area contributed by atoms with Crippen LogP contribution >= 0.6 is 0 Å². The zero-order valence-corrected chi connectivity index (χ0v) is 10.9. The van der Waals surface area contributed by atoms with Crippen molar-refractivity contribution in [1.82, 2.24) is 4.98 Å². The second-order valence-corrected chi connectivity index (χ2v) is 5.87. The van der Waals surface area contributed by atoms with Crippen molar-refractivity contribution in [3.63, 3.8) is 0 Å². The van der Waals surface area contributed by atoms with Gasteiger partial charge in [-0.1, -0.05) is 30.3 Å². The monoisotopic (exact) mass is 280 g/mol. The first-order valence-electron chi connectivity index (χ1n) is 5.71. The molecule has 0 bridgehead atoms. The lowest BCUT2D eigenvalue weighted by molar-refractivity contribution is 0.583. The molecular weight excluding hydrogens is 267 g/mol. The molecule has 2 rings (SSSR count). The maximum Gasteiger partial charge on any atom is 0.233 e. The van der Waals surface area contributed by atoms with E-state index in [1.807, 2.05) is 30.3 Å². The summed E-state index contributed by atoms with van der Waals surface area (Å²) in [6, 6.07) is 11.8. The first kappa shape index (κ1) is 13.5. The van der Waals surface area contributed by atoms with Gasteiger partial charge in [-0.3, -0.25) is 4.72 Å². The minimum absolute atomic E-state index is 0.0333. The summed E-state index contributed by atoms with van der Waals surface area (Å²) in [5.41, 5.74) is 1.21. The second kappa shape index (κ2) is 5.79. The van der Waals surface area contributed by atoms with Gasteiger partial charge in [0.2, 0.25) is 16.0 Å². The molecule has 0 aliphatic heterocycles. The topological polar surface area (TPSA) is 59.1 Å². The fraction of sp³-hybridized carbons (Fsp3) is 0.154. The van der Waals surface area contributed by atoms with Crippen LogP contribution in [0.25, 0.3) is 0 Å². The number of halogens is 1. The number of rotatable bonds is 5. The zero-order valence-electron chi connectivity index (χ0n) is 10.1. The molecule has 0 amide bonds. The van der Waals surface area contributed by atoms with Crippen molar-refractivity contribution >= 4 is 15.7 Å². The van der Waals surface area contributed by atoms with Crippen molar-refractivity contribution in [2.45, 2.75) is 6.42 Å². The standard InChI is InChI=1S/C13H13FN2O2S/c14-13-7-6-12(10-15-13)16-19(17,18)9-8-11-4-2-1-3-5-11/h1-7,10,16H,8-9H2.